The van der Waals surface area contributed by atoms with Crippen LogP contribution in [0.25, 0.3) is 27.9 Å². The van der Waals surface area contributed by atoms with E-state index in [0.717, 1.165) is 125 Å². The van der Waals surface area contributed by atoms with Crippen molar-refractivity contribution in [3.8, 4) is 0 Å². The van der Waals surface area contributed by atoms with Crippen LogP contribution in [0.2, 0.25) is 0 Å². The van der Waals surface area contributed by atoms with E-state index in [1.165, 1.54) is 53.9 Å². The minimum atomic E-state index is -0.935. The summed E-state index contributed by atoms with van der Waals surface area (Å²) < 4.78 is 53.7. The molecule has 2 aromatic carbocycles. The molecular formula is C53H60F4N4O3. The van der Waals surface area contributed by atoms with Crippen LogP contribution >= 0.6 is 0 Å². The molecule has 6 aromatic rings. The summed E-state index contributed by atoms with van der Waals surface area (Å²) in [4.78, 5) is 29.4. The molecule has 11 heteroatoms. The van der Waals surface area contributed by atoms with Crippen molar-refractivity contribution >= 4 is 33.9 Å². The van der Waals surface area contributed by atoms with Crippen LogP contribution in [0.5, 0.6) is 0 Å². The number of rotatable bonds is 17. The minimum Gasteiger partial charge on any atom is -0.481 e. The third kappa shape index (κ3) is 13.5. The molecule has 0 saturated heterocycles. The lowest BCUT2D eigenvalue weighted by atomic mass is 9.90. The summed E-state index contributed by atoms with van der Waals surface area (Å²) in [5, 5.41) is 20.6. The van der Waals surface area contributed by atoms with E-state index in [1.807, 2.05) is 0 Å². The second kappa shape index (κ2) is 23.4. The molecule has 338 valence electrons. The highest BCUT2D eigenvalue weighted by Gasteiger charge is 2.18. The van der Waals surface area contributed by atoms with Crippen LogP contribution in [0, 0.1) is 23.3 Å². The number of aliphatic carboxylic acids is 1. The predicted molar refractivity (Wildman–Crippen MR) is 246 cm³/mol. The number of carboxylic acids is 1. The summed E-state index contributed by atoms with van der Waals surface area (Å²) in [6, 6.07) is 16.7. The number of aryl methyl sites for hydroxylation is 6. The first-order valence-electron chi connectivity index (χ1n) is 22.6. The van der Waals surface area contributed by atoms with Crippen LogP contribution in [-0.2, 0) is 43.3 Å². The molecule has 2 atom stereocenters. The van der Waals surface area contributed by atoms with Gasteiger partial charge in [-0.2, -0.15) is 0 Å². The number of benzene rings is 2. The van der Waals surface area contributed by atoms with E-state index in [1.54, 1.807) is 36.7 Å². The van der Waals surface area contributed by atoms with Gasteiger partial charge in [-0.1, -0.05) is 57.4 Å². The molecule has 8 rings (SSSR count). The SMILES string of the molecule is C.O=C(O)CC(CCCCCCc1ccc2c(n1)CCCC2)c1cnc2cc(F)c(F)cc2c1.OC(/C=C/c1cnc2cc(F)c(F)cc2c1)CCCCc1ccc2c(n1)CCCC2. The molecule has 0 radical (unpaired) electrons. The van der Waals surface area contributed by atoms with Crippen molar-refractivity contribution < 1.29 is 32.6 Å². The van der Waals surface area contributed by atoms with Gasteiger partial charge in [0.2, 0.25) is 0 Å². The standard InChI is InChI=1S/C27H30F2N2O2.C25H26F2N2O.CH4/c28-23-14-20-13-21(17-30-26(20)16-24(23)29)19(15-27(32)33)8-3-1-2-4-9-22-12-11-18-7-5-6-10-25(18)31-22;26-22-14-19-13-17(16-28-25(19)15-23(22)27)9-12-21(30)7-3-2-6-20-11-10-18-5-1-4-8-24(18)29-20;/h11-14,16-17,19H,1-10,15H2,(H,32,33);9-16,21,30H,1-8H2;1H4/b;12-9+;. The van der Waals surface area contributed by atoms with Crippen molar-refractivity contribution in [3.63, 3.8) is 0 Å². The second-order valence-electron chi connectivity index (χ2n) is 17.1. The number of hydrogen-bond acceptors (Lipinski definition) is 6. The minimum absolute atomic E-state index is 0. The van der Waals surface area contributed by atoms with Gasteiger partial charge in [-0.25, -0.2) is 17.6 Å². The number of halogens is 4. The van der Waals surface area contributed by atoms with Gasteiger partial charge in [0.05, 0.1) is 23.6 Å². The molecular weight excluding hydrogens is 817 g/mol. The Morgan fingerprint density at radius 1 is 0.625 bits per heavy atom. The van der Waals surface area contributed by atoms with Gasteiger partial charge in [-0.05, 0) is 154 Å². The molecule has 0 saturated carbocycles. The lowest BCUT2D eigenvalue weighted by molar-refractivity contribution is -0.137. The first-order chi connectivity index (χ1) is 30.6. The fourth-order valence-electron chi connectivity index (χ4n) is 8.75. The Morgan fingerprint density at radius 2 is 1.14 bits per heavy atom. The van der Waals surface area contributed by atoms with Crippen molar-refractivity contribution in [1.29, 1.82) is 0 Å². The van der Waals surface area contributed by atoms with E-state index >= 15 is 0 Å². The van der Waals surface area contributed by atoms with Crippen molar-refractivity contribution in [3.05, 3.63) is 147 Å². The third-order valence-electron chi connectivity index (χ3n) is 12.3. The van der Waals surface area contributed by atoms with E-state index < -0.39 is 35.3 Å². The molecule has 0 bridgehead atoms. The Balaban J connectivity index is 0.000000210. The number of carbonyl (C=O) groups is 1. The van der Waals surface area contributed by atoms with Crippen LogP contribution in [0.15, 0.2) is 79.1 Å². The zero-order valence-corrected chi connectivity index (χ0v) is 35.8. The highest BCUT2D eigenvalue weighted by molar-refractivity contribution is 5.81. The Bertz CT molecular complexity index is 2550. The largest absolute Gasteiger partial charge is 0.481 e. The summed E-state index contributed by atoms with van der Waals surface area (Å²) in [7, 11) is 0. The van der Waals surface area contributed by atoms with Gasteiger partial charge in [0.1, 0.15) is 0 Å². The molecule has 64 heavy (non-hydrogen) atoms. The topological polar surface area (TPSA) is 109 Å². The van der Waals surface area contributed by atoms with Gasteiger partial charge in [-0.15, -0.1) is 0 Å². The van der Waals surface area contributed by atoms with Crippen LogP contribution < -0.4 is 0 Å². The second-order valence-corrected chi connectivity index (χ2v) is 17.1. The monoisotopic (exact) mass is 876 g/mol. The fraction of sp³-hybridized carbons (Fsp3) is 0.415. The predicted octanol–water partition coefficient (Wildman–Crippen LogP) is 12.7. The normalized spacial score (nSPS) is 14.3. The number of fused-ring (bicyclic) bond motifs is 4. The van der Waals surface area contributed by atoms with Gasteiger partial charge < -0.3 is 10.2 Å². The Kier molecular flexibility index (Phi) is 17.5. The first-order valence-corrected chi connectivity index (χ1v) is 22.6. The fourth-order valence-corrected chi connectivity index (χ4v) is 8.75. The zero-order chi connectivity index (χ0) is 44.1. The van der Waals surface area contributed by atoms with Gasteiger partial charge in [-0.3, -0.25) is 24.7 Å². The van der Waals surface area contributed by atoms with Gasteiger partial charge in [0, 0.05) is 58.1 Å². The van der Waals surface area contributed by atoms with Gasteiger partial charge in [0.25, 0.3) is 0 Å². The Labute approximate surface area is 374 Å². The van der Waals surface area contributed by atoms with E-state index in [4.69, 9.17) is 9.97 Å². The smallest absolute Gasteiger partial charge is 0.303 e. The van der Waals surface area contributed by atoms with E-state index in [9.17, 15) is 32.6 Å². The highest BCUT2D eigenvalue weighted by atomic mass is 19.2. The molecule has 4 heterocycles. The first kappa shape index (κ1) is 47.9. The summed E-state index contributed by atoms with van der Waals surface area (Å²) >= 11 is 0. The molecule has 2 aliphatic carbocycles. The zero-order valence-electron chi connectivity index (χ0n) is 35.8. The van der Waals surface area contributed by atoms with Crippen LogP contribution in [0.4, 0.5) is 17.6 Å². The molecule has 2 unspecified atom stereocenters. The maximum Gasteiger partial charge on any atom is 0.303 e. The molecule has 7 nitrogen and oxygen atoms in total. The van der Waals surface area contributed by atoms with Crippen molar-refractivity contribution in [2.75, 3.05) is 0 Å². The van der Waals surface area contributed by atoms with Crippen LogP contribution in [0.1, 0.15) is 142 Å². The average Bonchev–Trinajstić information content (AvgIpc) is 3.28. The molecule has 0 spiro atoms. The number of unbranched alkanes of at least 4 members (excludes halogenated alkanes) is 4. The third-order valence-corrected chi connectivity index (χ3v) is 12.3. The number of hydrogen-bond donors (Lipinski definition) is 2. The quantitative estimate of drug-likeness (QED) is 0.0694. The number of aromatic nitrogens is 4. The Hall–Kier alpha value is -5.55. The summed E-state index contributed by atoms with van der Waals surface area (Å²) in [5.41, 5.74) is 9.95. The van der Waals surface area contributed by atoms with E-state index in [0.29, 0.717) is 28.2 Å². The van der Waals surface area contributed by atoms with Crippen molar-refractivity contribution in [2.24, 2.45) is 0 Å². The number of carboxylic acid groups (broad SMARTS) is 1. The number of aliphatic hydroxyl groups is 1. The molecule has 0 amide bonds. The van der Waals surface area contributed by atoms with Gasteiger partial charge >= 0.3 is 5.97 Å². The summed E-state index contributed by atoms with van der Waals surface area (Å²) in [6.07, 6.45) is 24.9. The van der Waals surface area contributed by atoms with Crippen molar-refractivity contribution in [2.45, 2.75) is 141 Å². The molecule has 2 aliphatic rings. The highest BCUT2D eigenvalue weighted by Crippen LogP contribution is 2.29. The van der Waals surface area contributed by atoms with Gasteiger partial charge in [0.15, 0.2) is 23.3 Å². The van der Waals surface area contributed by atoms with E-state index in [-0.39, 0.29) is 19.8 Å². The molecule has 0 fully saturated rings. The Morgan fingerprint density at radius 3 is 1.75 bits per heavy atom. The van der Waals surface area contributed by atoms with Crippen LogP contribution in [0.3, 0.4) is 0 Å². The summed E-state index contributed by atoms with van der Waals surface area (Å²) in [6.45, 7) is 0. The maximum atomic E-state index is 13.6. The molecule has 4 aromatic heterocycles. The van der Waals surface area contributed by atoms with Crippen molar-refractivity contribution in [1.82, 2.24) is 19.9 Å². The lowest BCUT2D eigenvalue weighted by Gasteiger charge is -2.16. The number of pyridine rings is 4. The van der Waals surface area contributed by atoms with E-state index in [2.05, 4.69) is 34.2 Å². The summed E-state index contributed by atoms with van der Waals surface area (Å²) in [5.74, 6) is -4.73. The molecule has 0 aliphatic heterocycles. The number of aliphatic hydroxyl groups excluding tert-OH is 1. The maximum absolute atomic E-state index is 13.6. The number of nitrogens with zero attached hydrogens (tertiary/aromatic N) is 4. The molecule has 2 N–H and O–H groups in total. The lowest BCUT2D eigenvalue weighted by Crippen LogP contribution is -2.07. The average molecular weight is 877 g/mol. The van der Waals surface area contributed by atoms with Crippen LogP contribution in [-0.4, -0.2) is 42.2 Å².